The van der Waals surface area contributed by atoms with Gasteiger partial charge in [0.1, 0.15) is 9.88 Å². The normalized spacial score (nSPS) is 21.7. The molecular weight excluding hydrogens is 300 g/mol. The van der Waals surface area contributed by atoms with Crippen molar-refractivity contribution in [1.82, 2.24) is 10.3 Å². The van der Waals surface area contributed by atoms with Crippen molar-refractivity contribution >= 4 is 17.2 Å². The first-order valence-electron chi connectivity index (χ1n) is 7.41. The van der Waals surface area contributed by atoms with Crippen LogP contribution in [0.15, 0.2) is 24.4 Å². The number of aromatic nitrogens is 1. The number of ether oxygens (including phenoxy) is 2. The lowest BCUT2D eigenvalue weighted by molar-refractivity contribution is 0.0953. The Labute approximate surface area is 132 Å². The molecular formula is C16H16N2O3S. The van der Waals surface area contributed by atoms with Gasteiger partial charge in [-0.25, -0.2) is 4.98 Å². The lowest BCUT2D eigenvalue weighted by atomic mass is 10.2. The number of amides is 1. The highest BCUT2D eigenvalue weighted by atomic mass is 32.1. The van der Waals surface area contributed by atoms with E-state index >= 15 is 0 Å². The van der Waals surface area contributed by atoms with Crippen LogP contribution in [0.4, 0.5) is 0 Å². The number of carbonyl (C=O) groups excluding carboxylic acids is 1. The molecule has 1 aromatic carbocycles. The number of nitrogens with zero attached hydrogens (tertiary/aromatic N) is 1. The maximum Gasteiger partial charge on any atom is 0.263 e. The first kappa shape index (κ1) is 13.6. The standard InChI is InChI=1S/C16H16N2O3S/c1-2-9-5-11(9)18-15(19)14-7-17-16(22-14)10-3-4-12-13(6-10)21-8-20-12/h3-4,6-7,9,11H,2,5,8H2,1H3,(H,18,19)/t9-,11-/m1/s1. The van der Waals surface area contributed by atoms with E-state index in [9.17, 15) is 4.79 Å². The van der Waals surface area contributed by atoms with Crippen LogP contribution < -0.4 is 14.8 Å². The van der Waals surface area contributed by atoms with E-state index in [-0.39, 0.29) is 12.7 Å². The van der Waals surface area contributed by atoms with Crippen molar-refractivity contribution in [3.05, 3.63) is 29.3 Å². The number of hydrogen-bond acceptors (Lipinski definition) is 5. The maximum absolute atomic E-state index is 12.2. The van der Waals surface area contributed by atoms with E-state index in [1.54, 1.807) is 6.20 Å². The van der Waals surface area contributed by atoms with E-state index in [1.165, 1.54) is 11.3 Å². The van der Waals surface area contributed by atoms with Gasteiger partial charge in [0.15, 0.2) is 11.5 Å². The summed E-state index contributed by atoms with van der Waals surface area (Å²) in [6.45, 7) is 2.41. The van der Waals surface area contributed by atoms with Gasteiger partial charge in [-0.15, -0.1) is 11.3 Å². The van der Waals surface area contributed by atoms with Crippen LogP contribution in [-0.4, -0.2) is 23.7 Å². The molecule has 2 atom stereocenters. The molecule has 1 aromatic heterocycles. The zero-order valence-electron chi connectivity index (χ0n) is 12.2. The quantitative estimate of drug-likeness (QED) is 0.942. The van der Waals surface area contributed by atoms with Crippen LogP contribution in [0.3, 0.4) is 0 Å². The number of hydrogen-bond donors (Lipinski definition) is 1. The number of nitrogens with one attached hydrogen (secondary N) is 1. The molecule has 1 amide bonds. The molecule has 6 heteroatoms. The second-order valence-electron chi connectivity index (χ2n) is 5.58. The van der Waals surface area contributed by atoms with Crippen LogP contribution >= 0.6 is 11.3 Å². The summed E-state index contributed by atoms with van der Waals surface area (Å²) in [4.78, 5) is 17.2. The summed E-state index contributed by atoms with van der Waals surface area (Å²) in [6, 6.07) is 6.04. The van der Waals surface area contributed by atoms with Crippen molar-refractivity contribution in [3.8, 4) is 22.1 Å². The summed E-state index contributed by atoms with van der Waals surface area (Å²) in [7, 11) is 0. The molecule has 1 aliphatic heterocycles. The SMILES string of the molecule is CC[C@@H]1C[C@H]1NC(=O)c1cnc(-c2ccc3c(c2)OCO3)s1. The molecule has 1 aliphatic carbocycles. The van der Waals surface area contributed by atoms with Gasteiger partial charge in [0.2, 0.25) is 6.79 Å². The molecule has 0 spiro atoms. The molecule has 4 rings (SSSR count). The van der Waals surface area contributed by atoms with Gasteiger partial charge in [0, 0.05) is 11.6 Å². The minimum Gasteiger partial charge on any atom is -0.454 e. The second-order valence-corrected chi connectivity index (χ2v) is 6.61. The molecule has 5 nitrogen and oxygen atoms in total. The Morgan fingerprint density at radius 2 is 2.27 bits per heavy atom. The summed E-state index contributed by atoms with van der Waals surface area (Å²) in [5.74, 6) is 2.09. The summed E-state index contributed by atoms with van der Waals surface area (Å²) in [5.41, 5.74) is 0.936. The largest absolute Gasteiger partial charge is 0.454 e. The smallest absolute Gasteiger partial charge is 0.263 e. The lowest BCUT2D eigenvalue weighted by Crippen LogP contribution is -2.25. The Kier molecular flexibility index (Phi) is 3.26. The summed E-state index contributed by atoms with van der Waals surface area (Å²) in [5, 5.41) is 3.88. The Morgan fingerprint density at radius 3 is 3.09 bits per heavy atom. The zero-order valence-corrected chi connectivity index (χ0v) is 13.0. The average molecular weight is 316 g/mol. The third-order valence-electron chi connectivity index (χ3n) is 4.11. The van der Waals surface area contributed by atoms with Gasteiger partial charge in [-0.3, -0.25) is 4.79 Å². The van der Waals surface area contributed by atoms with E-state index in [1.807, 2.05) is 18.2 Å². The second kappa shape index (κ2) is 5.28. The zero-order chi connectivity index (χ0) is 15.1. The minimum atomic E-state index is -0.0227. The first-order chi connectivity index (χ1) is 10.7. The fourth-order valence-corrected chi connectivity index (χ4v) is 3.47. The number of fused-ring (bicyclic) bond motifs is 1. The van der Waals surface area contributed by atoms with Gasteiger partial charge in [0.25, 0.3) is 5.91 Å². The molecule has 2 aromatic rings. The van der Waals surface area contributed by atoms with Crippen molar-refractivity contribution in [3.63, 3.8) is 0 Å². The molecule has 0 bridgehead atoms. The van der Waals surface area contributed by atoms with Crippen molar-refractivity contribution < 1.29 is 14.3 Å². The lowest BCUT2D eigenvalue weighted by Gasteiger charge is -2.01. The number of thiazole rings is 1. The van der Waals surface area contributed by atoms with E-state index in [0.717, 1.165) is 34.9 Å². The molecule has 22 heavy (non-hydrogen) atoms. The molecule has 1 fully saturated rings. The van der Waals surface area contributed by atoms with Gasteiger partial charge in [-0.2, -0.15) is 0 Å². The van der Waals surface area contributed by atoms with Crippen molar-refractivity contribution in [2.75, 3.05) is 6.79 Å². The van der Waals surface area contributed by atoms with Gasteiger partial charge in [-0.05, 0) is 30.5 Å². The molecule has 0 unspecified atom stereocenters. The predicted molar refractivity (Wildman–Crippen MR) is 83.3 cm³/mol. The number of rotatable bonds is 4. The molecule has 2 heterocycles. The fraction of sp³-hybridized carbons (Fsp3) is 0.375. The van der Waals surface area contributed by atoms with Crippen LogP contribution in [-0.2, 0) is 0 Å². The molecule has 2 aliphatic rings. The van der Waals surface area contributed by atoms with E-state index in [0.29, 0.717) is 16.8 Å². The van der Waals surface area contributed by atoms with Crippen LogP contribution in [0.25, 0.3) is 10.6 Å². The Morgan fingerprint density at radius 1 is 1.41 bits per heavy atom. The predicted octanol–water partition coefficient (Wildman–Crippen LogP) is 3.07. The maximum atomic E-state index is 12.2. The topological polar surface area (TPSA) is 60.5 Å². The van der Waals surface area contributed by atoms with Gasteiger partial charge in [-0.1, -0.05) is 13.3 Å². The number of benzene rings is 1. The van der Waals surface area contributed by atoms with Gasteiger partial charge < -0.3 is 14.8 Å². The van der Waals surface area contributed by atoms with E-state index < -0.39 is 0 Å². The van der Waals surface area contributed by atoms with Crippen LogP contribution in [0.2, 0.25) is 0 Å². The monoisotopic (exact) mass is 316 g/mol. The third-order valence-corrected chi connectivity index (χ3v) is 5.16. The van der Waals surface area contributed by atoms with Crippen LogP contribution in [0.1, 0.15) is 29.4 Å². The average Bonchev–Trinajstić information content (AvgIpc) is 2.95. The summed E-state index contributed by atoms with van der Waals surface area (Å²) < 4.78 is 10.7. The Balaban J connectivity index is 1.50. The Bertz CT molecular complexity index is 728. The Hall–Kier alpha value is -2.08. The summed E-state index contributed by atoms with van der Waals surface area (Å²) in [6.07, 6.45) is 3.86. The van der Waals surface area contributed by atoms with E-state index in [4.69, 9.17) is 9.47 Å². The molecule has 1 N–H and O–H groups in total. The van der Waals surface area contributed by atoms with Crippen molar-refractivity contribution in [2.24, 2.45) is 5.92 Å². The third kappa shape index (κ3) is 2.43. The summed E-state index contributed by atoms with van der Waals surface area (Å²) >= 11 is 1.40. The van der Waals surface area contributed by atoms with Crippen LogP contribution in [0, 0.1) is 5.92 Å². The minimum absolute atomic E-state index is 0.0227. The van der Waals surface area contributed by atoms with Gasteiger partial charge in [0.05, 0.1) is 6.20 Å². The highest BCUT2D eigenvalue weighted by Crippen LogP contribution is 2.37. The fourth-order valence-electron chi connectivity index (χ4n) is 2.66. The molecule has 0 radical (unpaired) electrons. The van der Waals surface area contributed by atoms with E-state index in [2.05, 4.69) is 17.2 Å². The van der Waals surface area contributed by atoms with Crippen molar-refractivity contribution in [1.29, 1.82) is 0 Å². The van der Waals surface area contributed by atoms with Crippen molar-refractivity contribution in [2.45, 2.75) is 25.8 Å². The highest BCUT2D eigenvalue weighted by molar-refractivity contribution is 7.16. The van der Waals surface area contributed by atoms with Crippen LogP contribution in [0.5, 0.6) is 11.5 Å². The molecule has 1 saturated carbocycles. The molecule has 0 saturated heterocycles. The highest BCUT2D eigenvalue weighted by Gasteiger charge is 2.36. The van der Waals surface area contributed by atoms with Gasteiger partial charge >= 0.3 is 0 Å². The number of carbonyl (C=O) groups is 1. The first-order valence-corrected chi connectivity index (χ1v) is 8.23. The molecule has 114 valence electrons.